The number of methoxy groups -OCH3 is 1. The number of hydrogen-bond donors (Lipinski definition) is 0. The van der Waals surface area contributed by atoms with Gasteiger partial charge in [0.1, 0.15) is 43.2 Å². The van der Waals surface area contributed by atoms with Crippen LogP contribution in [0.1, 0.15) is 38.9 Å². The van der Waals surface area contributed by atoms with Gasteiger partial charge in [-0.3, -0.25) is 0 Å². The van der Waals surface area contributed by atoms with Crippen LogP contribution in [0.5, 0.6) is 0 Å². The summed E-state index contributed by atoms with van der Waals surface area (Å²) in [5, 5.41) is 0. The van der Waals surface area contributed by atoms with Crippen molar-refractivity contribution in [3.8, 4) is 0 Å². The molecule has 0 aliphatic carbocycles. The molecule has 0 bridgehead atoms. The average molecular weight is 1020 g/mol. The highest BCUT2D eigenvalue weighted by molar-refractivity contribution is 5.76. The van der Waals surface area contributed by atoms with Crippen molar-refractivity contribution in [3.05, 3.63) is 251 Å². The number of carbonyl (C=O) groups is 2. The Labute approximate surface area is 438 Å². The van der Waals surface area contributed by atoms with Crippen LogP contribution in [0.25, 0.3) is 0 Å². The van der Waals surface area contributed by atoms with Crippen molar-refractivity contribution < 1.29 is 61.7 Å². The molecule has 9 rings (SSSR count). The minimum atomic E-state index is -1.53. The molecule has 10 atom stereocenters. The summed E-state index contributed by atoms with van der Waals surface area (Å²) in [5.74, 6) is -1.51. The SMILES string of the molecule is COC(=O)C1O[C@H](O[C@H]2C(C(=O)OCc3ccccc3)O[C@@H](OCc3ccccc3)[C@H](OCc3ccccc3)[C@H]2OCc2ccccc2)[C@H](OCc2ccccc2)[C@@H](OCc2ccccc2)[C@H]1OCc1ccccc1. The van der Waals surface area contributed by atoms with Crippen LogP contribution in [-0.4, -0.2) is 80.5 Å². The minimum absolute atomic E-state index is 0.0657. The third-order valence-electron chi connectivity index (χ3n) is 12.9. The largest absolute Gasteiger partial charge is 0.467 e. The second-order valence-corrected chi connectivity index (χ2v) is 18.2. The van der Waals surface area contributed by atoms with Gasteiger partial charge in [0.05, 0.1) is 46.8 Å². The van der Waals surface area contributed by atoms with Gasteiger partial charge in [-0.1, -0.05) is 212 Å². The third kappa shape index (κ3) is 14.9. The van der Waals surface area contributed by atoms with Gasteiger partial charge in [0.15, 0.2) is 24.8 Å². The first-order chi connectivity index (χ1) is 37.0. The summed E-state index contributed by atoms with van der Waals surface area (Å²) in [4.78, 5) is 29.2. The van der Waals surface area contributed by atoms with Crippen molar-refractivity contribution in [3.63, 3.8) is 0 Å². The predicted octanol–water partition coefficient (Wildman–Crippen LogP) is 9.88. The van der Waals surface area contributed by atoms with E-state index in [1.165, 1.54) is 7.11 Å². The van der Waals surface area contributed by atoms with Crippen molar-refractivity contribution in [1.29, 1.82) is 0 Å². The number of benzene rings is 7. The highest BCUT2D eigenvalue weighted by atomic mass is 16.8. The van der Waals surface area contributed by atoms with Crippen LogP contribution in [0.3, 0.4) is 0 Å². The maximum absolute atomic E-state index is 15.0. The van der Waals surface area contributed by atoms with Crippen molar-refractivity contribution in [2.24, 2.45) is 0 Å². The fourth-order valence-electron chi connectivity index (χ4n) is 8.97. The molecule has 7 aromatic rings. The Morgan fingerprint density at radius 3 is 0.973 bits per heavy atom. The number of esters is 2. The zero-order valence-electron chi connectivity index (χ0n) is 41.7. The van der Waals surface area contributed by atoms with Crippen LogP contribution >= 0.6 is 0 Å². The van der Waals surface area contributed by atoms with E-state index in [9.17, 15) is 9.59 Å². The standard InChI is InChI=1S/C62H62O13/c1-65-59(63)55-51(66-37-44-23-9-2-10-24-44)52(67-38-45-25-11-3-12-26-45)58(70-41-48-31-17-6-18-32-48)62(75-55)73-54-53(68-39-46-27-13-4-14-28-46)57(69-40-47-29-15-5-16-30-47)61(72-43-50-35-21-8-22-36-50)74-56(54)60(64)71-42-49-33-19-7-20-34-49/h2-36,51-58,61-62H,37-43H2,1H3/t51-,52+,53+,54-,55?,56?,57-,58-,61-,62+/m1/s1. The molecular weight excluding hydrogens is 953 g/mol. The average Bonchev–Trinajstić information content (AvgIpc) is 3.47. The molecule has 13 heteroatoms. The van der Waals surface area contributed by atoms with Crippen LogP contribution in [-0.2, 0) is 108 Å². The molecule has 0 amide bonds. The van der Waals surface area contributed by atoms with Crippen molar-refractivity contribution in [2.45, 2.75) is 108 Å². The molecule has 7 aromatic carbocycles. The van der Waals surface area contributed by atoms with E-state index in [0.29, 0.717) is 0 Å². The minimum Gasteiger partial charge on any atom is -0.467 e. The molecule has 2 aliphatic heterocycles. The summed E-state index contributed by atoms with van der Waals surface area (Å²) >= 11 is 0. The number of rotatable bonds is 24. The summed E-state index contributed by atoms with van der Waals surface area (Å²) in [7, 11) is 1.28. The van der Waals surface area contributed by atoms with E-state index in [1.54, 1.807) is 0 Å². The van der Waals surface area contributed by atoms with Gasteiger partial charge in [0, 0.05) is 0 Å². The Kier molecular flexibility index (Phi) is 19.5. The second kappa shape index (κ2) is 27.6. The maximum Gasteiger partial charge on any atom is 0.338 e. The number of carbonyl (C=O) groups excluding carboxylic acids is 2. The fourth-order valence-corrected chi connectivity index (χ4v) is 8.97. The van der Waals surface area contributed by atoms with Crippen LogP contribution in [0.2, 0.25) is 0 Å². The first-order valence-corrected chi connectivity index (χ1v) is 25.2. The molecule has 13 nitrogen and oxygen atoms in total. The molecular formula is C62H62O13. The van der Waals surface area contributed by atoms with Crippen molar-refractivity contribution in [2.75, 3.05) is 7.11 Å². The Morgan fingerprint density at radius 1 is 0.320 bits per heavy atom. The molecule has 2 fully saturated rings. The molecule has 0 radical (unpaired) electrons. The van der Waals surface area contributed by atoms with Gasteiger partial charge in [-0.05, 0) is 38.9 Å². The van der Waals surface area contributed by atoms with Gasteiger partial charge in [-0.2, -0.15) is 0 Å². The van der Waals surface area contributed by atoms with Crippen LogP contribution in [0.4, 0.5) is 0 Å². The molecule has 2 heterocycles. The highest BCUT2D eigenvalue weighted by Crippen LogP contribution is 2.37. The van der Waals surface area contributed by atoms with E-state index < -0.39 is 73.4 Å². The molecule has 0 saturated carbocycles. The quantitative estimate of drug-likeness (QED) is 0.0532. The lowest BCUT2D eigenvalue weighted by atomic mass is 9.95. The molecule has 75 heavy (non-hydrogen) atoms. The summed E-state index contributed by atoms with van der Waals surface area (Å²) in [6.07, 6.45) is -12.5. The second-order valence-electron chi connectivity index (χ2n) is 18.2. The lowest BCUT2D eigenvalue weighted by molar-refractivity contribution is -0.369. The van der Waals surface area contributed by atoms with Crippen LogP contribution < -0.4 is 0 Å². The van der Waals surface area contributed by atoms with Gasteiger partial charge in [0.2, 0.25) is 0 Å². The van der Waals surface area contributed by atoms with Gasteiger partial charge < -0.3 is 52.1 Å². The third-order valence-corrected chi connectivity index (χ3v) is 12.9. The van der Waals surface area contributed by atoms with Crippen molar-refractivity contribution >= 4 is 11.9 Å². The number of ether oxygens (including phenoxy) is 11. The van der Waals surface area contributed by atoms with Gasteiger partial charge in [0.25, 0.3) is 0 Å². The molecule has 2 unspecified atom stereocenters. The Balaban J connectivity index is 1.14. The van der Waals surface area contributed by atoms with E-state index in [0.717, 1.165) is 38.9 Å². The van der Waals surface area contributed by atoms with Gasteiger partial charge >= 0.3 is 11.9 Å². The Hall–Kier alpha value is -6.88. The summed E-state index contributed by atoms with van der Waals surface area (Å²) in [5.41, 5.74) is 5.87. The molecule has 0 aromatic heterocycles. The van der Waals surface area contributed by atoms with E-state index in [1.807, 2.05) is 212 Å². The number of hydrogen-bond acceptors (Lipinski definition) is 13. The maximum atomic E-state index is 15.0. The summed E-state index contributed by atoms with van der Waals surface area (Å²) in [6, 6.07) is 67.1. The van der Waals surface area contributed by atoms with Crippen molar-refractivity contribution in [1.82, 2.24) is 0 Å². The molecule has 388 valence electrons. The molecule has 2 saturated heterocycles. The Morgan fingerprint density at radius 2 is 0.600 bits per heavy atom. The van der Waals surface area contributed by atoms with E-state index in [2.05, 4.69) is 0 Å². The zero-order chi connectivity index (χ0) is 51.4. The van der Waals surface area contributed by atoms with E-state index in [-0.39, 0.29) is 46.2 Å². The lowest BCUT2D eigenvalue weighted by Crippen LogP contribution is -2.67. The fraction of sp³-hybridized carbons (Fsp3) is 0.290. The lowest BCUT2D eigenvalue weighted by Gasteiger charge is -2.49. The monoisotopic (exact) mass is 1010 g/mol. The first kappa shape index (κ1) is 53.0. The summed E-state index contributed by atoms with van der Waals surface area (Å²) < 4.78 is 73.4. The molecule has 0 N–H and O–H groups in total. The highest BCUT2D eigenvalue weighted by Gasteiger charge is 2.57. The summed E-state index contributed by atoms with van der Waals surface area (Å²) in [6.45, 7) is 0.476. The first-order valence-electron chi connectivity index (χ1n) is 25.2. The smallest absolute Gasteiger partial charge is 0.338 e. The van der Waals surface area contributed by atoms with Gasteiger partial charge in [-0.25, -0.2) is 9.59 Å². The predicted molar refractivity (Wildman–Crippen MR) is 277 cm³/mol. The molecule has 2 aliphatic rings. The van der Waals surface area contributed by atoms with Gasteiger partial charge in [-0.15, -0.1) is 0 Å². The van der Waals surface area contributed by atoms with E-state index >= 15 is 0 Å². The normalized spacial score (nSPS) is 23.5. The van der Waals surface area contributed by atoms with Crippen LogP contribution in [0, 0.1) is 0 Å². The topological polar surface area (TPSA) is 136 Å². The van der Waals surface area contributed by atoms with Crippen LogP contribution in [0.15, 0.2) is 212 Å². The Bertz CT molecular complexity index is 2740. The zero-order valence-corrected chi connectivity index (χ0v) is 41.7. The van der Waals surface area contributed by atoms with E-state index in [4.69, 9.17) is 52.1 Å². The molecule has 0 spiro atoms.